The predicted molar refractivity (Wildman–Crippen MR) is 66.7 cm³/mol. The highest BCUT2D eigenvalue weighted by molar-refractivity contribution is 7.79. The molecule has 2 aromatic rings. The van der Waals surface area contributed by atoms with Crippen LogP contribution in [0.1, 0.15) is 0 Å². The highest BCUT2D eigenvalue weighted by Gasteiger charge is 1.99. The van der Waals surface area contributed by atoms with Crippen LogP contribution in [0.4, 0.5) is 0 Å². The summed E-state index contributed by atoms with van der Waals surface area (Å²) in [7, 11) is 1.59. The van der Waals surface area contributed by atoms with Crippen molar-refractivity contribution in [2.45, 2.75) is 4.90 Å². The Labute approximate surface area is 107 Å². The summed E-state index contributed by atoms with van der Waals surface area (Å²) in [6.45, 7) is 0. The van der Waals surface area contributed by atoms with Crippen molar-refractivity contribution in [3.05, 3.63) is 48.5 Å². The summed E-state index contributed by atoms with van der Waals surface area (Å²) in [5.41, 5.74) is 0. The van der Waals surface area contributed by atoms with E-state index < -0.39 is 11.1 Å². The fraction of sp³-hybridized carbons (Fsp3) is 0.0769. The zero-order valence-corrected chi connectivity index (χ0v) is 10.5. The second-order valence-corrected chi connectivity index (χ2v) is 4.42. The molecular formula is C13H11O4S-. The molecule has 0 aliphatic rings. The molecule has 4 nitrogen and oxygen atoms in total. The van der Waals surface area contributed by atoms with Gasteiger partial charge in [0, 0.05) is 4.90 Å². The molecule has 18 heavy (non-hydrogen) atoms. The van der Waals surface area contributed by atoms with E-state index in [0.29, 0.717) is 11.5 Å². The molecule has 5 heteroatoms. The zero-order valence-electron chi connectivity index (χ0n) is 9.66. The Bertz CT molecular complexity index is 534. The molecule has 1 atom stereocenters. The standard InChI is InChI=1S/C13H12O4S/c1-16-10-2-4-11(5-3-10)17-12-6-8-13(9-7-12)18(14)15/h2-9H,1H3,(H,14,15)/p-1. The lowest BCUT2D eigenvalue weighted by atomic mass is 10.3. The Morgan fingerprint density at radius 1 is 0.889 bits per heavy atom. The van der Waals surface area contributed by atoms with Crippen LogP contribution in [0.2, 0.25) is 0 Å². The first kappa shape index (κ1) is 12.6. The minimum Gasteiger partial charge on any atom is -0.768 e. The van der Waals surface area contributed by atoms with Gasteiger partial charge in [-0.2, -0.15) is 0 Å². The molecule has 2 aromatic carbocycles. The van der Waals surface area contributed by atoms with E-state index in [0.717, 1.165) is 5.75 Å². The van der Waals surface area contributed by atoms with Gasteiger partial charge in [-0.25, -0.2) is 0 Å². The fourth-order valence-corrected chi connectivity index (χ4v) is 1.76. The van der Waals surface area contributed by atoms with E-state index in [1.54, 1.807) is 43.5 Å². The molecule has 0 bridgehead atoms. The largest absolute Gasteiger partial charge is 0.768 e. The average Bonchev–Trinajstić information content (AvgIpc) is 2.40. The summed E-state index contributed by atoms with van der Waals surface area (Å²) in [6, 6.07) is 13.3. The normalized spacial score (nSPS) is 11.9. The molecule has 0 fully saturated rings. The molecule has 0 saturated carbocycles. The molecule has 0 amide bonds. The average molecular weight is 263 g/mol. The summed E-state index contributed by atoms with van der Waals surface area (Å²) in [6.07, 6.45) is 0. The van der Waals surface area contributed by atoms with Gasteiger partial charge in [0.05, 0.1) is 7.11 Å². The summed E-state index contributed by atoms with van der Waals surface area (Å²) in [5.74, 6) is 1.99. The van der Waals surface area contributed by atoms with Gasteiger partial charge in [-0.05, 0) is 59.6 Å². The lowest BCUT2D eigenvalue weighted by Gasteiger charge is -2.08. The summed E-state index contributed by atoms with van der Waals surface area (Å²) in [5, 5.41) is 0. The number of ether oxygens (including phenoxy) is 2. The van der Waals surface area contributed by atoms with Gasteiger partial charge < -0.3 is 14.0 Å². The molecular weight excluding hydrogens is 252 g/mol. The van der Waals surface area contributed by atoms with Gasteiger partial charge in [-0.3, -0.25) is 4.21 Å². The van der Waals surface area contributed by atoms with Crippen molar-refractivity contribution >= 4 is 11.1 Å². The number of rotatable bonds is 4. The molecule has 2 rings (SSSR count). The van der Waals surface area contributed by atoms with Crippen LogP contribution >= 0.6 is 0 Å². The molecule has 0 radical (unpaired) electrons. The maximum Gasteiger partial charge on any atom is 0.127 e. The third-order valence-electron chi connectivity index (χ3n) is 2.31. The van der Waals surface area contributed by atoms with Crippen molar-refractivity contribution in [1.29, 1.82) is 0 Å². The minimum absolute atomic E-state index is 0.233. The van der Waals surface area contributed by atoms with Crippen LogP contribution in [0.5, 0.6) is 17.2 Å². The fourth-order valence-electron chi connectivity index (χ4n) is 1.40. The van der Waals surface area contributed by atoms with Crippen LogP contribution in [-0.2, 0) is 11.1 Å². The van der Waals surface area contributed by atoms with Crippen LogP contribution in [0.3, 0.4) is 0 Å². The first-order chi connectivity index (χ1) is 8.69. The SMILES string of the molecule is COc1ccc(Oc2ccc(S(=O)[O-])cc2)cc1. The van der Waals surface area contributed by atoms with Crippen LogP contribution in [0.15, 0.2) is 53.4 Å². The van der Waals surface area contributed by atoms with Crippen molar-refractivity contribution in [3.63, 3.8) is 0 Å². The van der Waals surface area contributed by atoms with Crippen molar-refractivity contribution in [2.75, 3.05) is 7.11 Å². The Hall–Kier alpha value is -1.85. The van der Waals surface area contributed by atoms with E-state index in [9.17, 15) is 8.76 Å². The molecule has 0 N–H and O–H groups in total. The highest BCUT2D eigenvalue weighted by Crippen LogP contribution is 2.24. The van der Waals surface area contributed by atoms with Crippen molar-refractivity contribution in [2.24, 2.45) is 0 Å². The van der Waals surface area contributed by atoms with E-state index in [4.69, 9.17) is 9.47 Å². The third kappa shape index (κ3) is 3.09. The van der Waals surface area contributed by atoms with E-state index >= 15 is 0 Å². The Balaban J connectivity index is 2.10. The maximum absolute atomic E-state index is 10.7. The molecule has 1 unspecified atom stereocenters. The van der Waals surface area contributed by atoms with Gasteiger partial charge in [0.15, 0.2) is 0 Å². The van der Waals surface area contributed by atoms with Crippen molar-refractivity contribution in [3.8, 4) is 17.2 Å². The quantitative estimate of drug-likeness (QED) is 0.796. The van der Waals surface area contributed by atoms with Gasteiger partial charge in [-0.15, -0.1) is 0 Å². The molecule has 0 heterocycles. The lowest BCUT2D eigenvalue weighted by Crippen LogP contribution is -1.89. The topological polar surface area (TPSA) is 58.6 Å². The summed E-state index contributed by atoms with van der Waals surface area (Å²) in [4.78, 5) is 0.233. The summed E-state index contributed by atoms with van der Waals surface area (Å²) < 4.78 is 32.0. The number of hydrogen-bond donors (Lipinski definition) is 0. The van der Waals surface area contributed by atoms with Crippen molar-refractivity contribution in [1.82, 2.24) is 0 Å². The van der Waals surface area contributed by atoms with Crippen molar-refractivity contribution < 1.29 is 18.2 Å². The van der Waals surface area contributed by atoms with Gasteiger partial charge in [0.25, 0.3) is 0 Å². The van der Waals surface area contributed by atoms with Crippen LogP contribution in [0.25, 0.3) is 0 Å². The molecule has 0 aliphatic carbocycles. The first-order valence-electron chi connectivity index (χ1n) is 5.20. The molecule has 0 spiro atoms. The van der Waals surface area contributed by atoms with E-state index in [-0.39, 0.29) is 4.90 Å². The lowest BCUT2D eigenvalue weighted by molar-refractivity contribution is 0.413. The molecule has 0 aliphatic heterocycles. The van der Waals surface area contributed by atoms with Crippen LogP contribution in [0, 0.1) is 0 Å². The third-order valence-corrected chi connectivity index (χ3v) is 2.97. The first-order valence-corrected chi connectivity index (χ1v) is 6.28. The maximum atomic E-state index is 10.7. The van der Waals surface area contributed by atoms with E-state index in [2.05, 4.69) is 0 Å². The van der Waals surface area contributed by atoms with Crippen LogP contribution in [-0.4, -0.2) is 15.9 Å². The second-order valence-electron chi connectivity index (χ2n) is 3.48. The molecule has 94 valence electrons. The number of hydrogen-bond acceptors (Lipinski definition) is 4. The smallest absolute Gasteiger partial charge is 0.127 e. The number of methoxy groups -OCH3 is 1. The monoisotopic (exact) mass is 263 g/mol. The molecule has 0 aromatic heterocycles. The van der Waals surface area contributed by atoms with E-state index in [1.165, 1.54) is 12.1 Å². The minimum atomic E-state index is -2.21. The van der Waals surface area contributed by atoms with Gasteiger partial charge in [0.2, 0.25) is 0 Å². The Morgan fingerprint density at radius 2 is 1.33 bits per heavy atom. The predicted octanol–water partition coefficient (Wildman–Crippen LogP) is 2.73. The highest BCUT2D eigenvalue weighted by atomic mass is 32.2. The van der Waals surface area contributed by atoms with Gasteiger partial charge >= 0.3 is 0 Å². The Kier molecular flexibility index (Phi) is 3.96. The van der Waals surface area contributed by atoms with E-state index in [1.807, 2.05) is 0 Å². The number of benzene rings is 2. The van der Waals surface area contributed by atoms with Gasteiger partial charge in [0.1, 0.15) is 17.2 Å². The van der Waals surface area contributed by atoms with Gasteiger partial charge in [-0.1, -0.05) is 0 Å². The summed E-state index contributed by atoms with van der Waals surface area (Å²) >= 11 is -2.21. The second kappa shape index (κ2) is 5.66. The molecule has 0 saturated heterocycles. The van der Waals surface area contributed by atoms with Crippen LogP contribution < -0.4 is 9.47 Å². The zero-order chi connectivity index (χ0) is 13.0. The Morgan fingerprint density at radius 3 is 1.78 bits per heavy atom.